The van der Waals surface area contributed by atoms with Gasteiger partial charge in [0.15, 0.2) is 0 Å². The highest BCUT2D eigenvalue weighted by atomic mass is 16.5. The zero-order valence-corrected chi connectivity index (χ0v) is 8.89. The third-order valence-electron chi connectivity index (χ3n) is 2.07. The highest BCUT2D eigenvalue weighted by Gasteiger charge is 2.01. The van der Waals surface area contributed by atoms with Crippen LogP contribution in [0.3, 0.4) is 0 Å². The maximum absolute atomic E-state index is 5.39. The summed E-state index contributed by atoms with van der Waals surface area (Å²) in [6.45, 7) is 11.5. The van der Waals surface area contributed by atoms with Crippen LogP contribution in [0.15, 0.2) is 0 Å². The molecule has 0 fully saturated rings. The molecule has 0 saturated carbocycles. The molecule has 12 heavy (non-hydrogen) atoms. The van der Waals surface area contributed by atoms with E-state index in [4.69, 9.17) is 4.74 Å². The lowest BCUT2D eigenvalue weighted by molar-refractivity contribution is 0.0756. The van der Waals surface area contributed by atoms with Crippen LogP contribution in [-0.2, 0) is 4.74 Å². The normalized spacial score (nSPS) is 16.0. The summed E-state index contributed by atoms with van der Waals surface area (Å²) in [5, 5.41) is 3.40. The standard InChI is InChI=1S/C10H23NO/c1-5-9(3)7-11-8-10(4)12-6-2/h9-11H,5-8H2,1-4H3. The van der Waals surface area contributed by atoms with Crippen molar-refractivity contribution in [1.82, 2.24) is 5.32 Å². The quantitative estimate of drug-likeness (QED) is 0.636. The number of rotatable bonds is 7. The topological polar surface area (TPSA) is 21.3 Å². The number of nitrogens with one attached hydrogen (secondary N) is 1. The van der Waals surface area contributed by atoms with Crippen LogP contribution >= 0.6 is 0 Å². The van der Waals surface area contributed by atoms with E-state index in [0.717, 1.165) is 25.6 Å². The lowest BCUT2D eigenvalue weighted by Gasteiger charge is -2.14. The molecule has 2 heteroatoms. The molecule has 0 aliphatic carbocycles. The van der Waals surface area contributed by atoms with Crippen LogP contribution in [-0.4, -0.2) is 25.8 Å². The van der Waals surface area contributed by atoms with Crippen LogP contribution < -0.4 is 5.32 Å². The third kappa shape index (κ3) is 6.62. The molecule has 0 spiro atoms. The minimum absolute atomic E-state index is 0.346. The van der Waals surface area contributed by atoms with Crippen LogP contribution in [0, 0.1) is 5.92 Å². The van der Waals surface area contributed by atoms with E-state index in [1.54, 1.807) is 0 Å². The Labute approximate surface area is 76.7 Å². The van der Waals surface area contributed by atoms with Crippen molar-refractivity contribution in [2.24, 2.45) is 5.92 Å². The lowest BCUT2D eigenvalue weighted by atomic mass is 10.1. The second-order valence-corrected chi connectivity index (χ2v) is 3.44. The Hall–Kier alpha value is -0.0800. The maximum Gasteiger partial charge on any atom is 0.0671 e. The first-order valence-electron chi connectivity index (χ1n) is 5.03. The summed E-state index contributed by atoms with van der Waals surface area (Å²) in [6, 6.07) is 0. The van der Waals surface area contributed by atoms with Gasteiger partial charge in [-0.3, -0.25) is 0 Å². The summed E-state index contributed by atoms with van der Waals surface area (Å²) in [5.74, 6) is 0.777. The van der Waals surface area contributed by atoms with E-state index >= 15 is 0 Å². The Morgan fingerprint density at radius 1 is 1.17 bits per heavy atom. The first-order chi connectivity index (χ1) is 5.70. The zero-order valence-electron chi connectivity index (χ0n) is 8.89. The Balaban J connectivity index is 3.18. The van der Waals surface area contributed by atoms with Crippen LogP contribution in [0.25, 0.3) is 0 Å². The van der Waals surface area contributed by atoms with E-state index in [2.05, 4.69) is 26.1 Å². The second kappa shape index (κ2) is 7.56. The van der Waals surface area contributed by atoms with E-state index in [-0.39, 0.29) is 0 Å². The van der Waals surface area contributed by atoms with Gasteiger partial charge in [0.25, 0.3) is 0 Å². The molecule has 0 bridgehead atoms. The van der Waals surface area contributed by atoms with Crippen LogP contribution in [0.4, 0.5) is 0 Å². The molecule has 0 aliphatic heterocycles. The van der Waals surface area contributed by atoms with E-state index in [0.29, 0.717) is 6.10 Å². The van der Waals surface area contributed by atoms with Crippen molar-refractivity contribution >= 4 is 0 Å². The molecule has 2 unspecified atom stereocenters. The smallest absolute Gasteiger partial charge is 0.0671 e. The molecule has 0 amide bonds. The van der Waals surface area contributed by atoms with Gasteiger partial charge in [-0.05, 0) is 26.3 Å². The van der Waals surface area contributed by atoms with Gasteiger partial charge < -0.3 is 10.1 Å². The van der Waals surface area contributed by atoms with Gasteiger partial charge in [0, 0.05) is 13.2 Å². The van der Waals surface area contributed by atoms with Crippen LogP contribution in [0.5, 0.6) is 0 Å². The summed E-state index contributed by atoms with van der Waals surface area (Å²) >= 11 is 0. The number of hydrogen-bond acceptors (Lipinski definition) is 2. The highest BCUT2D eigenvalue weighted by molar-refractivity contribution is 4.58. The molecule has 0 heterocycles. The van der Waals surface area contributed by atoms with Crippen LogP contribution in [0.2, 0.25) is 0 Å². The summed E-state index contributed by atoms with van der Waals surface area (Å²) < 4.78 is 5.39. The highest BCUT2D eigenvalue weighted by Crippen LogP contribution is 1.97. The van der Waals surface area contributed by atoms with E-state index < -0.39 is 0 Å². The molecule has 0 aromatic heterocycles. The summed E-state index contributed by atoms with van der Waals surface area (Å²) in [7, 11) is 0. The monoisotopic (exact) mass is 173 g/mol. The Morgan fingerprint density at radius 2 is 1.83 bits per heavy atom. The molecule has 0 radical (unpaired) electrons. The third-order valence-corrected chi connectivity index (χ3v) is 2.07. The fraction of sp³-hybridized carbons (Fsp3) is 1.00. The van der Waals surface area contributed by atoms with Gasteiger partial charge in [-0.1, -0.05) is 20.3 Å². The SMILES string of the molecule is CCOC(C)CNCC(C)CC. The zero-order chi connectivity index (χ0) is 9.40. The summed E-state index contributed by atoms with van der Waals surface area (Å²) in [6.07, 6.45) is 1.59. The maximum atomic E-state index is 5.39. The summed E-state index contributed by atoms with van der Waals surface area (Å²) in [5.41, 5.74) is 0. The molecule has 1 N–H and O–H groups in total. The molecule has 0 aromatic rings. The lowest BCUT2D eigenvalue weighted by Crippen LogP contribution is -2.30. The van der Waals surface area contributed by atoms with Gasteiger partial charge in [0.2, 0.25) is 0 Å². The average Bonchev–Trinajstić information content (AvgIpc) is 2.04. The van der Waals surface area contributed by atoms with E-state index in [9.17, 15) is 0 Å². The minimum Gasteiger partial charge on any atom is -0.377 e. The van der Waals surface area contributed by atoms with Crippen LogP contribution in [0.1, 0.15) is 34.1 Å². The second-order valence-electron chi connectivity index (χ2n) is 3.44. The molecule has 0 saturated heterocycles. The summed E-state index contributed by atoms with van der Waals surface area (Å²) in [4.78, 5) is 0. The molecule has 2 atom stereocenters. The van der Waals surface area contributed by atoms with Gasteiger partial charge in [-0.25, -0.2) is 0 Å². The Kier molecular flexibility index (Phi) is 7.51. The molecule has 0 aromatic carbocycles. The predicted octanol–water partition coefficient (Wildman–Crippen LogP) is 2.05. The number of hydrogen-bond donors (Lipinski definition) is 1. The van der Waals surface area contributed by atoms with Gasteiger partial charge in [-0.2, -0.15) is 0 Å². The first-order valence-corrected chi connectivity index (χ1v) is 5.03. The van der Waals surface area contributed by atoms with Gasteiger partial charge >= 0.3 is 0 Å². The van der Waals surface area contributed by atoms with Gasteiger partial charge in [-0.15, -0.1) is 0 Å². The van der Waals surface area contributed by atoms with Gasteiger partial charge in [0.05, 0.1) is 6.10 Å². The van der Waals surface area contributed by atoms with Crippen molar-refractivity contribution in [2.75, 3.05) is 19.7 Å². The molecular formula is C10H23NO. The minimum atomic E-state index is 0.346. The predicted molar refractivity (Wildman–Crippen MR) is 53.4 cm³/mol. The van der Waals surface area contributed by atoms with Crippen molar-refractivity contribution in [3.63, 3.8) is 0 Å². The van der Waals surface area contributed by atoms with Crippen molar-refractivity contribution < 1.29 is 4.74 Å². The van der Waals surface area contributed by atoms with Crippen molar-refractivity contribution in [1.29, 1.82) is 0 Å². The largest absolute Gasteiger partial charge is 0.377 e. The fourth-order valence-corrected chi connectivity index (χ4v) is 1.02. The molecule has 2 nitrogen and oxygen atoms in total. The van der Waals surface area contributed by atoms with E-state index in [1.807, 2.05) is 6.92 Å². The van der Waals surface area contributed by atoms with Crippen molar-refractivity contribution in [2.45, 2.75) is 40.2 Å². The number of ether oxygens (including phenoxy) is 1. The Bertz CT molecular complexity index is 95.8. The van der Waals surface area contributed by atoms with E-state index in [1.165, 1.54) is 6.42 Å². The molecule has 74 valence electrons. The van der Waals surface area contributed by atoms with Crippen molar-refractivity contribution in [3.05, 3.63) is 0 Å². The van der Waals surface area contributed by atoms with Crippen molar-refractivity contribution in [3.8, 4) is 0 Å². The molecular weight excluding hydrogens is 150 g/mol. The average molecular weight is 173 g/mol. The molecule has 0 rings (SSSR count). The fourth-order valence-electron chi connectivity index (χ4n) is 1.02. The molecule has 0 aliphatic rings. The van der Waals surface area contributed by atoms with Gasteiger partial charge in [0.1, 0.15) is 0 Å². The Morgan fingerprint density at radius 3 is 2.33 bits per heavy atom. The first kappa shape index (κ1) is 11.9.